The van der Waals surface area contributed by atoms with Gasteiger partial charge in [0.15, 0.2) is 0 Å². The third-order valence-electron chi connectivity index (χ3n) is 6.75. The highest BCUT2D eigenvalue weighted by molar-refractivity contribution is 5.94. The molecule has 0 aromatic heterocycles. The van der Waals surface area contributed by atoms with Gasteiger partial charge in [-0.25, -0.2) is 0 Å². The van der Waals surface area contributed by atoms with Crippen molar-refractivity contribution in [1.29, 1.82) is 0 Å². The monoisotopic (exact) mass is 452 g/mol. The Kier molecular flexibility index (Phi) is 7.37. The summed E-state index contributed by atoms with van der Waals surface area (Å²) in [4.78, 5) is 17.6. The van der Waals surface area contributed by atoms with Crippen molar-refractivity contribution >= 4 is 5.91 Å². The van der Waals surface area contributed by atoms with Gasteiger partial charge < -0.3 is 19.5 Å². The Morgan fingerprint density at radius 1 is 1.18 bits per heavy atom. The molecular formula is C27H36N2O4. The van der Waals surface area contributed by atoms with Gasteiger partial charge in [0.05, 0.1) is 24.4 Å². The number of likely N-dealkylation sites (N-methyl/N-ethyl adjacent to an activating group) is 1. The lowest BCUT2D eigenvalue weighted by atomic mass is 9.87. The normalized spacial score (nSPS) is 20.9. The molecule has 1 atom stereocenters. The number of aliphatic hydroxyl groups excluding tert-OH is 1. The number of ether oxygens (including phenoxy) is 2. The quantitative estimate of drug-likeness (QED) is 0.717. The molecule has 178 valence electrons. The first-order valence-corrected chi connectivity index (χ1v) is 12.1. The molecule has 2 fully saturated rings. The van der Waals surface area contributed by atoms with Gasteiger partial charge in [-0.2, -0.15) is 0 Å². The van der Waals surface area contributed by atoms with E-state index in [-0.39, 0.29) is 30.3 Å². The lowest BCUT2D eigenvalue weighted by molar-refractivity contribution is -0.175. The van der Waals surface area contributed by atoms with Crippen LogP contribution in [0.15, 0.2) is 48.5 Å². The van der Waals surface area contributed by atoms with Crippen molar-refractivity contribution in [3.63, 3.8) is 0 Å². The minimum atomic E-state index is -0.225. The molecule has 2 aromatic rings. The Morgan fingerprint density at radius 3 is 2.55 bits per heavy atom. The van der Waals surface area contributed by atoms with Gasteiger partial charge in [-0.05, 0) is 57.0 Å². The van der Waals surface area contributed by atoms with Gasteiger partial charge in [-0.3, -0.25) is 9.69 Å². The van der Waals surface area contributed by atoms with E-state index >= 15 is 0 Å². The highest BCUT2D eigenvalue weighted by Gasteiger charge is 2.43. The molecule has 1 N–H and O–H groups in total. The topological polar surface area (TPSA) is 62.2 Å². The van der Waals surface area contributed by atoms with Crippen LogP contribution in [-0.4, -0.2) is 65.2 Å². The summed E-state index contributed by atoms with van der Waals surface area (Å²) in [7, 11) is 0. The largest absolute Gasteiger partial charge is 0.491 e. The lowest BCUT2D eigenvalue weighted by Gasteiger charge is -2.50. The first kappa shape index (κ1) is 23.7. The molecule has 1 unspecified atom stereocenters. The Labute approximate surface area is 197 Å². The summed E-state index contributed by atoms with van der Waals surface area (Å²) in [6, 6.07) is 15.8. The van der Waals surface area contributed by atoms with Crippen LogP contribution in [0.3, 0.4) is 0 Å². The van der Waals surface area contributed by atoms with Crippen LogP contribution < -0.4 is 4.74 Å². The van der Waals surface area contributed by atoms with Crippen LogP contribution in [-0.2, 0) is 11.3 Å². The lowest BCUT2D eigenvalue weighted by Crippen LogP contribution is -2.58. The third-order valence-corrected chi connectivity index (χ3v) is 6.75. The summed E-state index contributed by atoms with van der Waals surface area (Å²) in [6.45, 7) is 10.1. The van der Waals surface area contributed by atoms with E-state index in [1.165, 1.54) is 5.56 Å². The van der Waals surface area contributed by atoms with Crippen LogP contribution in [0, 0.1) is 0 Å². The molecule has 33 heavy (non-hydrogen) atoms. The van der Waals surface area contributed by atoms with Crippen LogP contribution in [0.1, 0.15) is 61.2 Å². The number of carbonyl (C=O) groups is 1. The zero-order valence-corrected chi connectivity index (χ0v) is 20.0. The van der Waals surface area contributed by atoms with Crippen LogP contribution in [0.5, 0.6) is 5.75 Å². The number of carbonyl (C=O) groups excluding carboxylic acids is 1. The Hall–Kier alpha value is -2.41. The maximum Gasteiger partial charge on any atom is 0.253 e. The number of benzene rings is 2. The minimum Gasteiger partial charge on any atom is -0.491 e. The molecule has 0 bridgehead atoms. The Bertz CT molecular complexity index is 938. The van der Waals surface area contributed by atoms with E-state index in [0.717, 1.165) is 32.5 Å². The van der Waals surface area contributed by atoms with E-state index in [4.69, 9.17) is 9.47 Å². The van der Waals surface area contributed by atoms with Crippen molar-refractivity contribution in [1.82, 2.24) is 9.80 Å². The molecule has 2 aliphatic rings. The maximum atomic E-state index is 13.2. The van der Waals surface area contributed by atoms with Gasteiger partial charge in [0.1, 0.15) is 5.75 Å². The molecule has 6 heteroatoms. The number of hydrogen-bond acceptors (Lipinski definition) is 5. The molecule has 0 saturated carbocycles. The molecule has 2 heterocycles. The maximum absolute atomic E-state index is 13.2. The van der Waals surface area contributed by atoms with Crippen molar-refractivity contribution in [3.8, 4) is 5.75 Å². The molecule has 2 aromatic carbocycles. The van der Waals surface area contributed by atoms with E-state index < -0.39 is 0 Å². The molecule has 2 saturated heterocycles. The van der Waals surface area contributed by atoms with Gasteiger partial charge in [-0.15, -0.1) is 0 Å². The molecule has 0 radical (unpaired) electrons. The van der Waals surface area contributed by atoms with Gasteiger partial charge in [0.2, 0.25) is 0 Å². The fourth-order valence-electron chi connectivity index (χ4n) is 4.95. The molecule has 4 rings (SSSR count). The van der Waals surface area contributed by atoms with E-state index in [2.05, 4.69) is 36.1 Å². The van der Waals surface area contributed by atoms with E-state index in [0.29, 0.717) is 30.0 Å². The highest BCUT2D eigenvalue weighted by atomic mass is 16.5. The predicted octanol–water partition coefficient (Wildman–Crippen LogP) is 4.03. The van der Waals surface area contributed by atoms with Crippen molar-refractivity contribution < 1.29 is 19.4 Å². The van der Waals surface area contributed by atoms with Gasteiger partial charge in [0.25, 0.3) is 5.91 Å². The predicted molar refractivity (Wildman–Crippen MR) is 128 cm³/mol. The number of piperidine rings is 1. The molecule has 2 aliphatic heterocycles. The summed E-state index contributed by atoms with van der Waals surface area (Å²) in [5.41, 5.74) is 2.22. The van der Waals surface area contributed by atoms with E-state index in [9.17, 15) is 9.90 Å². The zero-order chi connectivity index (χ0) is 23.4. The number of hydrogen-bond donors (Lipinski definition) is 1. The average molecular weight is 453 g/mol. The van der Waals surface area contributed by atoms with Gasteiger partial charge >= 0.3 is 0 Å². The first-order valence-electron chi connectivity index (χ1n) is 12.1. The highest BCUT2D eigenvalue weighted by Crippen LogP contribution is 2.38. The molecule has 1 amide bonds. The minimum absolute atomic E-state index is 0.00147. The summed E-state index contributed by atoms with van der Waals surface area (Å²) in [5.74, 6) is 0.627. The summed E-state index contributed by atoms with van der Waals surface area (Å²) in [5, 5.41) is 9.75. The van der Waals surface area contributed by atoms with Crippen molar-refractivity contribution in [2.24, 2.45) is 0 Å². The second kappa shape index (κ2) is 10.2. The molecular weight excluding hydrogens is 416 g/mol. The van der Waals surface area contributed by atoms with Crippen molar-refractivity contribution in [2.45, 2.75) is 58.0 Å². The Balaban J connectivity index is 1.45. The number of amides is 1. The molecule has 6 nitrogen and oxygen atoms in total. The van der Waals surface area contributed by atoms with Gasteiger partial charge in [0, 0.05) is 37.3 Å². The van der Waals surface area contributed by atoms with Crippen LogP contribution >= 0.6 is 0 Å². The summed E-state index contributed by atoms with van der Waals surface area (Å²) < 4.78 is 12.5. The number of rotatable bonds is 6. The van der Waals surface area contributed by atoms with Crippen molar-refractivity contribution in [3.05, 3.63) is 65.2 Å². The summed E-state index contributed by atoms with van der Waals surface area (Å²) >= 11 is 0. The average Bonchev–Trinajstić information content (AvgIpc) is 2.84. The van der Waals surface area contributed by atoms with E-state index in [1.807, 2.05) is 24.8 Å². The molecule has 1 spiro atoms. The zero-order valence-electron chi connectivity index (χ0n) is 20.0. The third kappa shape index (κ3) is 5.40. The fraction of sp³-hybridized carbons (Fsp3) is 0.519. The number of nitrogens with zero attached hydrogens (tertiary/aromatic N) is 2. The van der Waals surface area contributed by atoms with Crippen LogP contribution in [0.4, 0.5) is 0 Å². The van der Waals surface area contributed by atoms with E-state index in [1.54, 1.807) is 18.2 Å². The van der Waals surface area contributed by atoms with Gasteiger partial charge in [-0.1, -0.05) is 37.3 Å². The number of likely N-dealkylation sites (tertiary alicyclic amines) is 1. The summed E-state index contributed by atoms with van der Waals surface area (Å²) in [6.07, 6.45) is 1.70. The second-order valence-corrected chi connectivity index (χ2v) is 9.47. The standard InChI is InChI=1S/C27H36N2O4/c1-4-28-17-25(21-8-6-5-7-9-21)33-27(19-28)12-14-29(15-13-27)26(31)22-10-11-24(32-20(2)3)23(16-22)18-30/h5-11,16,20,25,30H,4,12-15,17-19H2,1-3H3. The smallest absolute Gasteiger partial charge is 0.253 e. The van der Waals surface area contributed by atoms with Crippen LogP contribution in [0.2, 0.25) is 0 Å². The SMILES string of the molecule is CCN1CC(c2ccccc2)OC2(CCN(C(=O)c3ccc(OC(C)C)c(CO)c3)CC2)C1. The fourth-order valence-corrected chi connectivity index (χ4v) is 4.95. The number of morpholine rings is 1. The Morgan fingerprint density at radius 2 is 1.91 bits per heavy atom. The second-order valence-electron chi connectivity index (χ2n) is 9.47. The number of aliphatic hydroxyl groups is 1. The van der Waals surface area contributed by atoms with Crippen LogP contribution in [0.25, 0.3) is 0 Å². The first-order chi connectivity index (χ1) is 15.9. The van der Waals surface area contributed by atoms with Crippen molar-refractivity contribution in [2.75, 3.05) is 32.7 Å². The molecule has 0 aliphatic carbocycles.